The van der Waals surface area contributed by atoms with E-state index >= 15 is 0 Å². The summed E-state index contributed by atoms with van der Waals surface area (Å²) in [5, 5.41) is 11.8. The molecule has 2 aliphatic heterocycles. The Hall–Kier alpha value is -4.51. The number of carboxylic acid groups (broad SMARTS) is 1. The van der Waals surface area contributed by atoms with E-state index in [9.17, 15) is 14.4 Å². The summed E-state index contributed by atoms with van der Waals surface area (Å²) in [7, 11) is 0. The largest absolute Gasteiger partial charge is 0.478 e. The summed E-state index contributed by atoms with van der Waals surface area (Å²) in [6.45, 7) is 5.09. The Kier molecular flexibility index (Phi) is 8.50. The van der Waals surface area contributed by atoms with Gasteiger partial charge in [-0.2, -0.15) is 0 Å². The van der Waals surface area contributed by atoms with Gasteiger partial charge in [0, 0.05) is 44.5 Å². The van der Waals surface area contributed by atoms with E-state index in [0.717, 1.165) is 19.6 Å². The smallest absolute Gasteiger partial charge is 0.415 e. The number of amides is 2. The van der Waals surface area contributed by atoms with Crippen LogP contribution in [0.5, 0.6) is 5.75 Å². The molecule has 2 aliphatic rings. The second-order valence-electron chi connectivity index (χ2n) is 9.92. The van der Waals surface area contributed by atoms with Gasteiger partial charge in [0.1, 0.15) is 11.6 Å². The lowest BCUT2D eigenvalue weighted by molar-refractivity contribution is 0.0696. The van der Waals surface area contributed by atoms with Gasteiger partial charge in [0.15, 0.2) is 5.75 Å². The lowest BCUT2D eigenvalue weighted by atomic mass is 10.1. The number of piperazine rings is 1. The molecule has 40 heavy (non-hydrogen) atoms. The third kappa shape index (κ3) is 6.92. The molecule has 0 saturated carbocycles. The quantitative estimate of drug-likeness (QED) is 0.457. The number of nitrogens with zero attached hydrogens (tertiary/aromatic N) is 5. The number of likely N-dealkylation sites (tertiary alicyclic amines) is 1. The van der Waals surface area contributed by atoms with Crippen LogP contribution in [0.25, 0.3) is 0 Å². The summed E-state index contributed by atoms with van der Waals surface area (Å²) in [4.78, 5) is 50.8. The molecule has 0 bridgehead atoms. The lowest BCUT2D eigenvalue weighted by Gasteiger charge is -2.34. The highest BCUT2D eigenvalue weighted by Crippen LogP contribution is 2.18. The van der Waals surface area contributed by atoms with Crippen LogP contribution in [0.1, 0.15) is 45.5 Å². The predicted molar refractivity (Wildman–Crippen MR) is 149 cm³/mol. The maximum Gasteiger partial charge on any atom is 0.415 e. The van der Waals surface area contributed by atoms with E-state index in [1.54, 1.807) is 23.1 Å². The first-order valence-corrected chi connectivity index (χ1v) is 13.4. The zero-order chi connectivity index (χ0) is 27.9. The number of rotatable bonds is 7. The van der Waals surface area contributed by atoms with E-state index in [-0.39, 0.29) is 17.2 Å². The van der Waals surface area contributed by atoms with Crippen LogP contribution in [0.4, 0.5) is 16.4 Å². The summed E-state index contributed by atoms with van der Waals surface area (Å²) < 4.78 is 5.47. The standard InChI is InChI=1S/C29H32N6O5/c36-27(22-6-4-21(5-7-22)20-33-12-2-1-3-13-33)32-25-10-9-24(19-30-25)40-29(39)35-16-14-34(15-17-35)26-11-8-23(18-31-26)28(37)38/h4-11,18-19H,1-3,12-17,20H2,(H,37,38)(H,30,32,36). The molecule has 2 amide bonds. The molecule has 11 nitrogen and oxygen atoms in total. The topological polar surface area (TPSA) is 128 Å². The van der Waals surface area contributed by atoms with Crippen molar-refractivity contribution in [3.63, 3.8) is 0 Å². The first-order chi connectivity index (χ1) is 19.4. The summed E-state index contributed by atoms with van der Waals surface area (Å²) in [5.41, 5.74) is 1.87. The van der Waals surface area contributed by atoms with Gasteiger partial charge in [-0.3, -0.25) is 9.69 Å². The Bertz CT molecular complexity index is 1320. The van der Waals surface area contributed by atoms with Crippen molar-refractivity contribution in [1.82, 2.24) is 19.8 Å². The van der Waals surface area contributed by atoms with Gasteiger partial charge in [0.2, 0.25) is 0 Å². The molecular weight excluding hydrogens is 512 g/mol. The summed E-state index contributed by atoms with van der Waals surface area (Å²) in [6.07, 6.45) is 6.03. The van der Waals surface area contributed by atoms with Gasteiger partial charge in [0.25, 0.3) is 5.91 Å². The van der Waals surface area contributed by atoms with E-state index < -0.39 is 12.1 Å². The normalized spacial score (nSPS) is 15.9. The molecule has 3 aromatic rings. The third-order valence-corrected chi connectivity index (χ3v) is 7.11. The predicted octanol–water partition coefficient (Wildman–Crippen LogP) is 3.73. The average Bonchev–Trinajstić information content (AvgIpc) is 2.99. The molecule has 0 atom stereocenters. The van der Waals surface area contributed by atoms with Crippen molar-refractivity contribution < 1.29 is 24.2 Å². The zero-order valence-electron chi connectivity index (χ0n) is 22.2. The Labute approximate surface area is 232 Å². The van der Waals surface area contributed by atoms with Crippen molar-refractivity contribution in [1.29, 1.82) is 0 Å². The van der Waals surface area contributed by atoms with Crippen molar-refractivity contribution in [2.24, 2.45) is 0 Å². The number of carbonyl (C=O) groups is 3. The lowest BCUT2D eigenvalue weighted by Crippen LogP contribution is -2.49. The third-order valence-electron chi connectivity index (χ3n) is 7.11. The number of piperidine rings is 1. The molecule has 2 fully saturated rings. The number of aromatic carboxylic acids is 1. The molecule has 2 N–H and O–H groups in total. The van der Waals surface area contributed by atoms with Crippen molar-refractivity contribution >= 4 is 29.6 Å². The van der Waals surface area contributed by atoms with Crippen molar-refractivity contribution in [2.45, 2.75) is 25.8 Å². The van der Waals surface area contributed by atoms with Gasteiger partial charge in [-0.25, -0.2) is 19.6 Å². The summed E-state index contributed by atoms with van der Waals surface area (Å²) >= 11 is 0. The van der Waals surface area contributed by atoms with Crippen LogP contribution in [-0.2, 0) is 6.54 Å². The number of hydrogen-bond donors (Lipinski definition) is 2. The highest BCUT2D eigenvalue weighted by atomic mass is 16.6. The van der Waals surface area contributed by atoms with E-state index in [4.69, 9.17) is 9.84 Å². The number of ether oxygens (including phenoxy) is 1. The van der Waals surface area contributed by atoms with Gasteiger partial charge in [0.05, 0.1) is 11.8 Å². The highest BCUT2D eigenvalue weighted by molar-refractivity contribution is 6.03. The molecule has 5 rings (SSSR count). The van der Waals surface area contributed by atoms with Crippen LogP contribution in [0.3, 0.4) is 0 Å². The van der Waals surface area contributed by atoms with Crippen LogP contribution < -0.4 is 15.0 Å². The minimum atomic E-state index is -1.02. The number of pyridine rings is 2. The molecule has 11 heteroatoms. The maximum absolute atomic E-state index is 12.7. The monoisotopic (exact) mass is 544 g/mol. The van der Waals surface area contributed by atoms with Crippen molar-refractivity contribution in [2.75, 3.05) is 49.5 Å². The van der Waals surface area contributed by atoms with Crippen LogP contribution in [0.2, 0.25) is 0 Å². The molecular formula is C29H32N6O5. The molecule has 0 unspecified atom stereocenters. The van der Waals surface area contributed by atoms with Crippen molar-refractivity contribution in [3.8, 4) is 5.75 Å². The van der Waals surface area contributed by atoms with E-state index in [0.29, 0.717) is 43.4 Å². The molecule has 2 aromatic heterocycles. The van der Waals surface area contributed by atoms with E-state index in [1.165, 1.54) is 43.3 Å². The molecule has 4 heterocycles. The highest BCUT2D eigenvalue weighted by Gasteiger charge is 2.24. The number of hydrogen-bond acceptors (Lipinski definition) is 8. The minimum Gasteiger partial charge on any atom is -0.478 e. The molecule has 208 valence electrons. The Balaban J connectivity index is 1.07. The molecule has 0 spiro atoms. The van der Waals surface area contributed by atoms with Crippen LogP contribution in [-0.4, -0.2) is 82.1 Å². The van der Waals surface area contributed by atoms with E-state index in [2.05, 4.69) is 20.2 Å². The number of carboxylic acids is 1. The first kappa shape index (κ1) is 27.1. The number of carbonyl (C=O) groups excluding carboxylic acids is 2. The zero-order valence-corrected chi connectivity index (χ0v) is 22.2. The van der Waals surface area contributed by atoms with E-state index in [1.807, 2.05) is 29.2 Å². The first-order valence-electron chi connectivity index (χ1n) is 13.4. The maximum atomic E-state index is 12.7. The van der Waals surface area contributed by atoms with Gasteiger partial charge in [-0.15, -0.1) is 0 Å². The van der Waals surface area contributed by atoms with Crippen LogP contribution in [0.15, 0.2) is 60.9 Å². The van der Waals surface area contributed by atoms with Gasteiger partial charge < -0.3 is 25.0 Å². The van der Waals surface area contributed by atoms with Gasteiger partial charge >= 0.3 is 12.1 Å². The second kappa shape index (κ2) is 12.6. The fourth-order valence-corrected chi connectivity index (χ4v) is 4.82. The fraction of sp³-hybridized carbons (Fsp3) is 0.345. The second-order valence-corrected chi connectivity index (χ2v) is 9.92. The van der Waals surface area contributed by atoms with Gasteiger partial charge in [-0.1, -0.05) is 18.6 Å². The Morgan fingerprint density at radius 3 is 2.15 bits per heavy atom. The molecule has 0 aliphatic carbocycles. The van der Waals surface area contributed by atoms with Crippen LogP contribution >= 0.6 is 0 Å². The minimum absolute atomic E-state index is 0.127. The number of benzene rings is 1. The summed E-state index contributed by atoms with van der Waals surface area (Å²) in [5.74, 6) is 0.0142. The Morgan fingerprint density at radius 2 is 1.52 bits per heavy atom. The van der Waals surface area contributed by atoms with Gasteiger partial charge in [-0.05, 0) is 67.9 Å². The molecule has 0 radical (unpaired) electrons. The number of nitrogens with one attached hydrogen (secondary N) is 1. The number of aromatic nitrogens is 2. The Morgan fingerprint density at radius 1 is 0.800 bits per heavy atom. The fourth-order valence-electron chi connectivity index (χ4n) is 4.82. The summed E-state index contributed by atoms with van der Waals surface area (Å²) in [6, 6.07) is 14.0. The molecule has 1 aromatic carbocycles. The molecule has 2 saturated heterocycles. The van der Waals surface area contributed by atoms with Crippen LogP contribution in [0, 0.1) is 0 Å². The SMILES string of the molecule is O=C(O)c1ccc(N2CCN(C(=O)Oc3ccc(NC(=O)c4ccc(CN5CCCCC5)cc4)nc3)CC2)nc1. The average molecular weight is 545 g/mol. The number of anilines is 2. The van der Waals surface area contributed by atoms with Crippen molar-refractivity contribution in [3.05, 3.63) is 77.6 Å².